The minimum atomic E-state index is -1.43. The summed E-state index contributed by atoms with van der Waals surface area (Å²) in [5.74, 6) is -1.24. The van der Waals surface area contributed by atoms with Crippen LogP contribution in [0.15, 0.2) is 91.0 Å². The van der Waals surface area contributed by atoms with Gasteiger partial charge in [-0.3, -0.25) is 9.59 Å². The topological polar surface area (TPSA) is 91.3 Å². The van der Waals surface area contributed by atoms with Gasteiger partial charge in [0.05, 0.1) is 19.8 Å². The van der Waals surface area contributed by atoms with Crippen molar-refractivity contribution in [3.8, 4) is 0 Å². The fourth-order valence-electron chi connectivity index (χ4n) is 4.18. The zero-order chi connectivity index (χ0) is 25.3. The van der Waals surface area contributed by atoms with Crippen LogP contribution in [0.3, 0.4) is 0 Å². The molecule has 1 N–H and O–H groups in total. The van der Waals surface area contributed by atoms with Gasteiger partial charge in [0, 0.05) is 6.92 Å². The van der Waals surface area contributed by atoms with E-state index in [4.69, 9.17) is 18.9 Å². The molecule has 0 amide bonds. The summed E-state index contributed by atoms with van der Waals surface area (Å²) in [7, 11) is 0. The molecule has 1 aliphatic rings. The van der Waals surface area contributed by atoms with E-state index in [0.717, 1.165) is 16.7 Å². The Kier molecular flexibility index (Phi) is 8.97. The number of hydrogen-bond acceptors (Lipinski definition) is 7. The Morgan fingerprint density at radius 1 is 0.667 bits per heavy atom. The van der Waals surface area contributed by atoms with Crippen molar-refractivity contribution in [2.75, 3.05) is 0 Å². The summed E-state index contributed by atoms with van der Waals surface area (Å²) in [6, 6.07) is 28.4. The summed E-state index contributed by atoms with van der Waals surface area (Å²) in [5, 5.41) is 11.1. The molecular formula is C29H30O7. The first kappa shape index (κ1) is 25.7. The van der Waals surface area contributed by atoms with Crippen LogP contribution >= 0.6 is 0 Å². The number of esters is 1. The van der Waals surface area contributed by atoms with Crippen LogP contribution < -0.4 is 0 Å². The van der Waals surface area contributed by atoms with Crippen molar-refractivity contribution in [3.05, 3.63) is 108 Å². The van der Waals surface area contributed by atoms with Gasteiger partial charge >= 0.3 is 5.97 Å². The SMILES string of the molecule is CC(=O)O[C@H]1C(=O)[C@@H](OCc2ccccc2)[C@H](OCc2ccccc2)[C@H](OCc2ccccc2)[C@H]1O. The van der Waals surface area contributed by atoms with Crippen LogP contribution in [0, 0.1) is 0 Å². The number of Topliss-reactive ketones (excluding diaryl/α,β-unsaturated/α-hetero) is 1. The average molecular weight is 491 g/mol. The van der Waals surface area contributed by atoms with E-state index in [1.54, 1.807) is 0 Å². The summed E-state index contributed by atoms with van der Waals surface area (Å²) >= 11 is 0. The Bertz CT molecular complexity index is 1100. The number of carbonyl (C=O) groups is 2. The van der Waals surface area contributed by atoms with Crippen LogP contribution in [-0.4, -0.2) is 47.4 Å². The van der Waals surface area contributed by atoms with Crippen molar-refractivity contribution in [3.63, 3.8) is 0 Å². The first-order valence-electron chi connectivity index (χ1n) is 11.9. The summed E-state index contributed by atoms with van der Waals surface area (Å²) in [6.07, 6.45) is -5.91. The van der Waals surface area contributed by atoms with Crippen molar-refractivity contribution in [1.82, 2.24) is 0 Å². The number of ketones is 1. The smallest absolute Gasteiger partial charge is 0.303 e. The third-order valence-corrected chi connectivity index (χ3v) is 5.97. The van der Waals surface area contributed by atoms with Crippen molar-refractivity contribution in [2.45, 2.75) is 57.3 Å². The highest BCUT2D eigenvalue weighted by atomic mass is 16.6. The van der Waals surface area contributed by atoms with E-state index in [0.29, 0.717) is 0 Å². The Hall–Kier alpha value is -3.36. The molecule has 0 spiro atoms. The van der Waals surface area contributed by atoms with E-state index >= 15 is 0 Å². The number of aliphatic hydroxyl groups excluding tert-OH is 1. The molecule has 36 heavy (non-hydrogen) atoms. The number of carbonyl (C=O) groups excluding carboxylic acids is 2. The van der Waals surface area contributed by atoms with Gasteiger partial charge in [0.15, 0.2) is 6.10 Å². The standard InChI is InChI=1S/C29H30O7/c1-20(30)36-26-24(31)27(33-17-21-11-5-2-6-12-21)29(35-19-23-15-9-4-10-16-23)28(25(26)32)34-18-22-13-7-3-8-14-22/h2-16,24,26-29,31H,17-19H2,1H3/t24-,26+,27+,28+,29+/m0/s1. The minimum absolute atomic E-state index is 0.136. The second kappa shape index (κ2) is 12.6. The van der Waals surface area contributed by atoms with E-state index in [1.807, 2.05) is 91.0 Å². The molecule has 5 atom stereocenters. The lowest BCUT2D eigenvalue weighted by Gasteiger charge is -2.42. The van der Waals surface area contributed by atoms with Gasteiger partial charge in [-0.25, -0.2) is 0 Å². The predicted octanol–water partition coefficient (Wildman–Crippen LogP) is 3.62. The van der Waals surface area contributed by atoms with Crippen LogP contribution in [0.25, 0.3) is 0 Å². The quantitative estimate of drug-likeness (QED) is 0.434. The zero-order valence-corrected chi connectivity index (χ0v) is 20.1. The maximum absolute atomic E-state index is 13.4. The molecule has 1 saturated carbocycles. The Morgan fingerprint density at radius 3 is 1.53 bits per heavy atom. The molecule has 1 fully saturated rings. The van der Waals surface area contributed by atoms with Crippen LogP contribution in [0.4, 0.5) is 0 Å². The highest BCUT2D eigenvalue weighted by Crippen LogP contribution is 2.30. The van der Waals surface area contributed by atoms with E-state index in [9.17, 15) is 14.7 Å². The highest BCUT2D eigenvalue weighted by molar-refractivity contribution is 5.91. The number of ether oxygens (including phenoxy) is 4. The fraction of sp³-hybridized carbons (Fsp3) is 0.310. The average Bonchev–Trinajstić information content (AvgIpc) is 2.90. The Balaban J connectivity index is 1.61. The lowest BCUT2D eigenvalue weighted by molar-refractivity contribution is -0.225. The molecule has 0 saturated heterocycles. The van der Waals surface area contributed by atoms with Gasteiger partial charge < -0.3 is 24.1 Å². The molecule has 7 nitrogen and oxygen atoms in total. The Labute approximate surface area is 210 Å². The normalized spacial score (nSPS) is 23.8. The largest absolute Gasteiger partial charge is 0.452 e. The van der Waals surface area contributed by atoms with Crippen molar-refractivity contribution in [2.24, 2.45) is 0 Å². The van der Waals surface area contributed by atoms with E-state index in [1.165, 1.54) is 6.92 Å². The van der Waals surface area contributed by atoms with Gasteiger partial charge in [0.1, 0.15) is 24.4 Å². The fourth-order valence-corrected chi connectivity index (χ4v) is 4.18. The molecule has 0 bridgehead atoms. The molecule has 0 heterocycles. The molecule has 0 radical (unpaired) electrons. The van der Waals surface area contributed by atoms with Crippen LogP contribution in [0.2, 0.25) is 0 Å². The number of rotatable bonds is 10. The van der Waals surface area contributed by atoms with E-state index < -0.39 is 42.3 Å². The van der Waals surface area contributed by atoms with Gasteiger partial charge in [-0.1, -0.05) is 91.0 Å². The third kappa shape index (κ3) is 6.65. The Morgan fingerprint density at radius 2 is 1.08 bits per heavy atom. The van der Waals surface area contributed by atoms with Crippen molar-refractivity contribution >= 4 is 11.8 Å². The molecule has 3 aromatic rings. The number of hydrogen-bond donors (Lipinski definition) is 1. The van der Waals surface area contributed by atoms with Gasteiger partial charge in [0.2, 0.25) is 5.78 Å². The molecular weight excluding hydrogens is 460 g/mol. The first-order chi connectivity index (χ1) is 17.5. The molecule has 0 unspecified atom stereocenters. The second-order valence-corrected chi connectivity index (χ2v) is 8.66. The summed E-state index contributed by atoms with van der Waals surface area (Å²) < 4.78 is 23.6. The zero-order valence-electron chi connectivity index (χ0n) is 20.1. The minimum Gasteiger partial charge on any atom is -0.452 e. The lowest BCUT2D eigenvalue weighted by Crippen LogP contribution is -2.64. The number of aliphatic hydroxyl groups is 1. The molecule has 4 rings (SSSR count). The molecule has 3 aromatic carbocycles. The second-order valence-electron chi connectivity index (χ2n) is 8.66. The van der Waals surface area contributed by atoms with Gasteiger partial charge in [0.25, 0.3) is 0 Å². The predicted molar refractivity (Wildman–Crippen MR) is 132 cm³/mol. The summed E-state index contributed by atoms with van der Waals surface area (Å²) in [6.45, 7) is 1.68. The molecule has 7 heteroatoms. The summed E-state index contributed by atoms with van der Waals surface area (Å²) in [4.78, 5) is 25.2. The first-order valence-corrected chi connectivity index (χ1v) is 11.9. The number of benzene rings is 3. The lowest BCUT2D eigenvalue weighted by atomic mass is 9.85. The monoisotopic (exact) mass is 490 g/mol. The van der Waals surface area contributed by atoms with Gasteiger partial charge in [-0.05, 0) is 16.7 Å². The molecule has 1 aliphatic carbocycles. The van der Waals surface area contributed by atoms with E-state index in [-0.39, 0.29) is 19.8 Å². The van der Waals surface area contributed by atoms with Crippen LogP contribution in [-0.2, 0) is 48.4 Å². The van der Waals surface area contributed by atoms with Crippen molar-refractivity contribution < 1.29 is 33.6 Å². The van der Waals surface area contributed by atoms with Crippen LogP contribution in [0.5, 0.6) is 0 Å². The van der Waals surface area contributed by atoms with Gasteiger partial charge in [-0.15, -0.1) is 0 Å². The van der Waals surface area contributed by atoms with E-state index in [2.05, 4.69) is 0 Å². The molecule has 0 aromatic heterocycles. The highest BCUT2D eigenvalue weighted by Gasteiger charge is 2.53. The third-order valence-electron chi connectivity index (χ3n) is 5.97. The molecule has 188 valence electrons. The maximum atomic E-state index is 13.4. The van der Waals surface area contributed by atoms with Gasteiger partial charge in [-0.2, -0.15) is 0 Å². The summed E-state index contributed by atoms with van der Waals surface area (Å²) in [5.41, 5.74) is 2.64. The maximum Gasteiger partial charge on any atom is 0.303 e. The van der Waals surface area contributed by atoms with Crippen molar-refractivity contribution in [1.29, 1.82) is 0 Å². The molecule has 0 aliphatic heterocycles. The van der Waals surface area contributed by atoms with Crippen LogP contribution in [0.1, 0.15) is 23.6 Å².